The van der Waals surface area contributed by atoms with Crippen molar-refractivity contribution in [2.45, 2.75) is 51.1 Å². The van der Waals surface area contributed by atoms with Crippen molar-refractivity contribution in [3.63, 3.8) is 0 Å². The van der Waals surface area contributed by atoms with Gasteiger partial charge in [-0.15, -0.1) is 0 Å². The van der Waals surface area contributed by atoms with Gasteiger partial charge in [-0.05, 0) is 61.7 Å². The molecule has 1 aliphatic carbocycles. The second kappa shape index (κ2) is 11.5. The second-order valence-electron chi connectivity index (χ2n) is 8.79. The second-order valence-corrected chi connectivity index (χ2v) is 8.79. The minimum atomic E-state index is -0.921. The molecule has 0 aliphatic heterocycles. The number of nitrogens with one attached hydrogen (secondary N) is 2. The van der Waals surface area contributed by atoms with Crippen LogP contribution >= 0.6 is 0 Å². The first-order valence-electron chi connectivity index (χ1n) is 11.9. The van der Waals surface area contributed by atoms with Crippen LogP contribution in [-0.4, -0.2) is 35.3 Å². The fourth-order valence-electron chi connectivity index (χ4n) is 4.37. The third kappa shape index (κ3) is 6.15. The molecule has 4 rings (SSSR count). The molecule has 1 saturated carbocycles. The van der Waals surface area contributed by atoms with Crippen LogP contribution in [0.25, 0.3) is 0 Å². The van der Waals surface area contributed by atoms with Crippen LogP contribution in [0.5, 0.6) is 0 Å². The Hall–Kier alpha value is -3.94. The van der Waals surface area contributed by atoms with Crippen molar-refractivity contribution in [1.82, 2.24) is 15.6 Å². The van der Waals surface area contributed by atoms with E-state index in [0.29, 0.717) is 11.3 Å². The summed E-state index contributed by atoms with van der Waals surface area (Å²) in [7, 11) is 0. The van der Waals surface area contributed by atoms with Gasteiger partial charge in [0, 0.05) is 24.1 Å². The van der Waals surface area contributed by atoms with Gasteiger partial charge in [-0.25, -0.2) is 0 Å². The number of aromatic nitrogens is 1. The number of hydrogen-bond acceptors (Lipinski definition) is 5. The molecule has 35 heavy (non-hydrogen) atoms. The molecule has 3 aromatic rings. The summed E-state index contributed by atoms with van der Waals surface area (Å²) in [4.78, 5) is 45.2. The summed E-state index contributed by atoms with van der Waals surface area (Å²) in [6, 6.07) is 13.2. The van der Waals surface area contributed by atoms with Gasteiger partial charge < -0.3 is 15.1 Å². The maximum Gasteiger partial charge on any atom is 0.287 e. The zero-order chi connectivity index (χ0) is 24.6. The molecular weight excluding hydrogens is 444 g/mol. The highest BCUT2D eigenvalue weighted by Gasteiger charge is 2.34. The van der Waals surface area contributed by atoms with E-state index in [0.717, 1.165) is 31.2 Å². The number of nitrogens with zero attached hydrogens (tertiary/aromatic N) is 2. The number of benzene rings is 1. The van der Waals surface area contributed by atoms with E-state index >= 15 is 0 Å². The van der Waals surface area contributed by atoms with E-state index in [1.807, 2.05) is 31.2 Å². The number of aryl methyl sites for hydroxylation is 1. The summed E-state index contributed by atoms with van der Waals surface area (Å²) < 4.78 is 5.12. The first kappa shape index (κ1) is 24.2. The quantitative estimate of drug-likeness (QED) is 0.515. The van der Waals surface area contributed by atoms with Crippen molar-refractivity contribution in [2.75, 3.05) is 11.4 Å². The van der Waals surface area contributed by atoms with E-state index in [-0.39, 0.29) is 24.3 Å². The van der Waals surface area contributed by atoms with Crippen LogP contribution in [0.15, 0.2) is 71.6 Å². The van der Waals surface area contributed by atoms with Crippen LogP contribution < -0.4 is 15.5 Å². The Labute approximate surface area is 204 Å². The average Bonchev–Trinajstić information content (AvgIpc) is 3.43. The lowest BCUT2D eigenvalue weighted by molar-refractivity contribution is -0.127. The molecule has 1 atom stereocenters. The number of amides is 3. The Balaban J connectivity index is 1.65. The predicted octanol–water partition coefficient (Wildman–Crippen LogP) is 3.94. The first-order chi connectivity index (χ1) is 17.0. The Bertz CT molecular complexity index is 1120. The monoisotopic (exact) mass is 474 g/mol. The molecule has 1 fully saturated rings. The lowest BCUT2D eigenvalue weighted by Crippen LogP contribution is -2.49. The molecule has 0 unspecified atom stereocenters. The molecule has 1 aromatic carbocycles. The van der Waals surface area contributed by atoms with E-state index in [9.17, 15) is 14.4 Å². The summed E-state index contributed by atoms with van der Waals surface area (Å²) in [5, 5.41) is 5.77. The van der Waals surface area contributed by atoms with Crippen molar-refractivity contribution in [1.29, 1.82) is 0 Å². The number of rotatable bonds is 8. The van der Waals surface area contributed by atoms with Gasteiger partial charge >= 0.3 is 0 Å². The van der Waals surface area contributed by atoms with Crippen molar-refractivity contribution >= 4 is 23.4 Å². The van der Waals surface area contributed by atoms with Crippen LogP contribution in [0.2, 0.25) is 0 Å². The Morgan fingerprint density at radius 2 is 1.74 bits per heavy atom. The van der Waals surface area contributed by atoms with E-state index in [1.54, 1.807) is 30.6 Å². The topological polar surface area (TPSA) is 105 Å². The predicted molar refractivity (Wildman–Crippen MR) is 132 cm³/mol. The molecule has 0 bridgehead atoms. The fraction of sp³-hybridized carbons (Fsp3) is 0.333. The summed E-state index contributed by atoms with van der Waals surface area (Å²) in [5.74, 6) is -1.07. The Morgan fingerprint density at radius 1 is 1.03 bits per heavy atom. The van der Waals surface area contributed by atoms with E-state index in [1.165, 1.54) is 23.7 Å². The highest BCUT2D eigenvalue weighted by atomic mass is 16.3. The molecule has 1 aliphatic rings. The summed E-state index contributed by atoms with van der Waals surface area (Å²) in [5.41, 5.74) is 2.23. The van der Waals surface area contributed by atoms with Gasteiger partial charge in [-0.1, -0.05) is 37.0 Å². The molecule has 2 N–H and O–H groups in total. The number of carbonyl (C=O) groups is 3. The normalized spacial score (nSPS) is 14.7. The van der Waals surface area contributed by atoms with Crippen LogP contribution in [-0.2, 0) is 9.59 Å². The highest BCUT2D eigenvalue weighted by Crippen LogP contribution is 2.29. The highest BCUT2D eigenvalue weighted by molar-refractivity contribution is 6.04. The van der Waals surface area contributed by atoms with E-state index in [2.05, 4.69) is 15.6 Å². The zero-order valence-corrected chi connectivity index (χ0v) is 19.8. The van der Waals surface area contributed by atoms with Crippen LogP contribution in [0.1, 0.15) is 59.8 Å². The van der Waals surface area contributed by atoms with Gasteiger partial charge in [0.1, 0.15) is 6.04 Å². The van der Waals surface area contributed by atoms with Gasteiger partial charge in [0.25, 0.3) is 5.91 Å². The smallest absolute Gasteiger partial charge is 0.287 e. The standard InChI is InChI=1S/C27H30N4O4/c1-19-9-11-22(12-10-19)31(24(32)18-29-26(33)23-8-5-17-35-23)25(20-13-15-28-16-14-20)27(34)30-21-6-3-2-4-7-21/h5,8-17,21,25H,2-4,6-7,18H2,1H3,(H,29,33)(H,30,34)/t25-/m0/s1. The van der Waals surface area contributed by atoms with Crippen molar-refractivity contribution in [3.8, 4) is 0 Å². The molecule has 0 saturated heterocycles. The molecular formula is C27H30N4O4. The van der Waals surface area contributed by atoms with Gasteiger partial charge in [0.2, 0.25) is 11.8 Å². The Kier molecular flexibility index (Phi) is 7.92. The molecule has 8 nitrogen and oxygen atoms in total. The van der Waals surface area contributed by atoms with Crippen molar-refractivity contribution in [3.05, 3.63) is 84.1 Å². The number of furan rings is 1. The fourth-order valence-corrected chi connectivity index (χ4v) is 4.37. The third-order valence-electron chi connectivity index (χ3n) is 6.21. The van der Waals surface area contributed by atoms with Crippen molar-refractivity contribution < 1.29 is 18.8 Å². The first-order valence-corrected chi connectivity index (χ1v) is 11.9. The molecule has 0 spiro atoms. The van der Waals surface area contributed by atoms with Gasteiger partial charge in [-0.3, -0.25) is 24.3 Å². The minimum Gasteiger partial charge on any atom is -0.459 e. The number of pyridine rings is 1. The number of anilines is 1. The van der Waals surface area contributed by atoms with Crippen molar-refractivity contribution in [2.24, 2.45) is 0 Å². The minimum absolute atomic E-state index is 0.0780. The lowest BCUT2D eigenvalue weighted by atomic mass is 9.94. The summed E-state index contributed by atoms with van der Waals surface area (Å²) >= 11 is 0. The largest absolute Gasteiger partial charge is 0.459 e. The van der Waals surface area contributed by atoms with Gasteiger partial charge in [0.05, 0.1) is 12.8 Å². The molecule has 2 aromatic heterocycles. The van der Waals surface area contributed by atoms with E-state index in [4.69, 9.17) is 4.42 Å². The molecule has 182 valence electrons. The number of hydrogen-bond donors (Lipinski definition) is 2. The van der Waals surface area contributed by atoms with Crippen LogP contribution in [0.3, 0.4) is 0 Å². The molecule has 2 heterocycles. The molecule has 0 radical (unpaired) electrons. The maximum atomic E-state index is 13.7. The Morgan fingerprint density at radius 3 is 2.40 bits per heavy atom. The average molecular weight is 475 g/mol. The van der Waals surface area contributed by atoms with E-state index < -0.39 is 17.9 Å². The molecule has 3 amide bonds. The summed E-state index contributed by atoms with van der Waals surface area (Å²) in [6.45, 7) is 1.65. The zero-order valence-electron chi connectivity index (χ0n) is 19.8. The van der Waals surface area contributed by atoms with Gasteiger partial charge in [-0.2, -0.15) is 0 Å². The SMILES string of the molecule is Cc1ccc(N(C(=O)CNC(=O)c2ccco2)[C@H](C(=O)NC2CCCCC2)c2ccncc2)cc1. The lowest BCUT2D eigenvalue weighted by Gasteiger charge is -2.33. The van der Waals surface area contributed by atoms with Gasteiger partial charge in [0.15, 0.2) is 5.76 Å². The third-order valence-corrected chi connectivity index (χ3v) is 6.21. The number of carbonyl (C=O) groups excluding carboxylic acids is 3. The van der Waals surface area contributed by atoms with Crippen LogP contribution in [0, 0.1) is 6.92 Å². The summed E-state index contributed by atoms with van der Waals surface area (Å²) in [6.07, 6.45) is 9.76. The molecule has 8 heteroatoms. The maximum absolute atomic E-state index is 13.7. The van der Waals surface area contributed by atoms with Crippen LogP contribution in [0.4, 0.5) is 5.69 Å².